The smallest absolute Gasteiger partial charge is 0.318 e. The van der Waals surface area contributed by atoms with Gasteiger partial charge in [0.2, 0.25) is 0 Å². The number of aromatic nitrogens is 2. The molecule has 0 aliphatic rings. The number of amides is 1. The number of fused-ring (bicyclic) bond motifs is 1. The number of anilines is 1. The lowest BCUT2D eigenvalue weighted by molar-refractivity contribution is -0.729. The molecule has 0 bridgehead atoms. The number of benzene rings is 3. The molecular weight excluding hydrogens is 407 g/mol. The Bertz CT molecular complexity index is 1320. The van der Waals surface area contributed by atoms with Gasteiger partial charge in [-0.25, -0.2) is 14.6 Å². The lowest BCUT2D eigenvalue weighted by atomic mass is 10.1. The molecule has 0 fully saturated rings. The Morgan fingerprint density at radius 3 is 2.55 bits per heavy atom. The predicted octanol–water partition coefficient (Wildman–Crippen LogP) is 4.14. The van der Waals surface area contributed by atoms with Crippen molar-refractivity contribution in [3.63, 3.8) is 0 Å². The van der Waals surface area contributed by atoms with Crippen LogP contribution in [0.15, 0.2) is 60.7 Å². The Morgan fingerprint density at radius 1 is 1.13 bits per heavy atom. The first kappa shape index (κ1) is 19.8. The normalized spacial score (nSPS) is 10.8. The number of carbonyl (C=O) groups excluding carboxylic acids is 1. The van der Waals surface area contributed by atoms with E-state index >= 15 is 0 Å². The van der Waals surface area contributed by atoms with Gasteiger partial charge < -0.3 is 15.3 Å². The predicted molar refractivity (Wildman–Crippen MR) is 108 cm³/mol. The molecule has 0 spiro atoms. The molecule has 0 unspecified atom stereocenters. The van der Waals surface area contributed by atoms with Crippen LogP contribution < -0.4 is 10.1 Å². The van der Waals surface area contributed by atoms with Crippen molar-refractivity contribution in [3.8, 4) is 17.1 Å². The number of methoxy groups -OCH3 is 1. The summed E-state index contributed by atoms with van der Waals surface area (Å²) in [5.41, 5.74) is 1.65. The minimum absolute atomic E-state index is 0.0694. The monoisotopic (exact) mass is 423 g/mol. The van der Waals surface area contributed by atoms with Gasteiger partial charge in [-0.3, -0.25) is 4.79 Å². The van der Waals surface area contributed by atoms with Crippen molar-refractivity contribution in [1.82, 2.24) is 9.71 Å². The Labute approximate surface area is 174 Å². The van der Waals surface area contributed by atoms with Crippen molar-refractivity contribution in [1.29, 1.82) is 0 Å². The van der Waals surface area contributed by atoms with Gasteiger partial charge in [0.25, 0.3) is 10.8 Å². The third-order valence-corrected chi connectivity index (χ3v) is 4.64. The highest BCUT2D eigenvalue weighted by atomic mass is 19.1. The summed E-state index contributed by atoms with van der Waals surface area (Å²) in [5.74, 6) is -0.419. The van der Waals surface area contributed by atoms with Crippen molar-refractivity contribution < 1.29 is 29.3 Å². The van der Waals surface area contributed by atoms with Crippen LogP contribution in [-0.2, 0) is 0 Å². The second-order valence-corrected chi connectivity index (χ2v) is 6.57. The summed E-state index contributed by atoms with van der Waals surface area (Å²) >= 11 is 0. The van der Waals surface area contributed by atoms with Gasteiger partial charge >= 0.3 is 5.69 Å². The quantitative estimate of drug-likeness (QED) is 0.328. The van der Waals surface area contributed by atoms with Gasteiger partial charge in [0.05, 0.1) is 23.1 Å². The molecular formula is C21H16FN4O5+. The van der Waals surface area contributed by atoms with Crippen LogP contribution in [0.3, 0.4) is 0 Å². The van der Waals surface area contributed by atoms with Crippen LogP contribution >= 0.6 is 0 Å². The van der Waals surface area contributed by atoms with E-state index in [-0.39, 0.29) is 27.5 Å². The van der Waals surface area contributed by atoms with Crippen molar-refractivity contribution >= 4 is 28.3 Å². The summed E-state index contributed by atoms with van der Waals surface area (Å²) in [6.45, 7) is 0. The number of nitrogens with one attached hydrogen (secondary N) is 1. The summed E-state index contributed by atoms with van der Waals surface area (Å²) in [6.07, 6.45) is 0. The summed E-state index contributed by atoms with van der Waals surface area (Å²) in [4.78, 5) is 27.5. The van der Waals surface area contributed by atoms with Crippen LogP contribution in [0.4, 0.5) is 15.8 Å². The first-order valence-corrected chi connectivity index (χ1v) is 9.00. The Morgan fingerprint density at radius 2 is 1.87 bits per heavy atom. The van der Waals surface area contributed by atoms with Crippen molar-refractivity contribution in [2.24, 2.45) is 0 Å². The molecule has 4 rings (SSSR count). The van der Waals surface area contributed by atoms with E-state index in [0.717, 1.165) is 4.73 Å². The molecule has 3 N–H and O–H groups in total. The molecule has 156 valence electrons. The fourth-order valence-electron chi connectivity index (χ4n) is 3.10. The maximum atomic E-state index is 13.0. The van der Waals surface area contributed by atoms with E-state index in [4.69, 9.17) is 9.94 Å². The fourth-order valence-corrected chi connectivity index (χ4v) is 3.10. The van der Waals surface area contributed by atoms with E-state index in [2.05, 4.69) is 10.3 Å². The molecule has 3 aromatic carbocycles. The summed E-state index contributed by atoms with van der Waals surface area (Å²) in [5, 5.41) is 22.3. The fraction of sp³-hybridized carbons (Fsp3) is 0.0476. The molecule has 0 saturated carbocycles. The molecule has 0 saturated heterocycles. The molecule has 10 heteroatoms. The Kier molecular flexibility index (Phi) is 4.96. The van der Waals surface area contributed by atoms with Crippen LogP contribution in [0.25, 0.3) is 22.4 Å². The van der Waals surface area contributed by atoms with Gasteiger partial charge in [-0.05, 0) is 42.5 Å². The summed E-state index contributed by atoms with van der Waals surface area (Å²) in [7, 11) is 1.42. The second-order valence-electron chi connectivity index (χ2n) is 6.57. The molecule has 31 heavy (non-hydrogen) atoms. The number of carbonyl (C=O) groups is 1. The Balaban J connectivity index is 1.68. The van der Waals surface area contributed by atoms with Gasteiger partial charge in [-0.15, -0.1) is 0 Å². The third kappa shape index (κ3) is 3.73. The van der Waals surface area contributed by atoms with Gasteiger partial charge in [0, 0.05) is 29.4 Å². The van der Waals surface area contributed by atoms with E-state index in [1.54, 1.807) is 18.2 Å². The highest BCUT2D eigenvalue weighted by Gasteiger charge is 2.20. The van der Waals surface area contributed by atoms with Gasteiger partial charge in [0.1, 0.15) is 17.1 Å². The molecule has 1 heterocycles. The zero-order chi connectivity index (χ0) is 22.1. The maximum absolute atomic E-state index is 13.0. The van der Waals surface area contributed by atoms with Crippen LogP contribution in [0, 0.1) is 10.7 Å². The lowest BCUT2D eigenvalue weighted by Crippen LogP contribution is -2.12. The molecule has 1 aromatic heterocycles. The SMILES string of the molecule is COc1cc(NC(=O)c2ccc(F)cc2)ccc1-c1nc2ccc([N+](=O)O)cc2n1O. The van der Waals surface area contributed by atoms with Crippen molar-refractivity contribution in [2.45, 2.75) is 0 Å². The molecule has 4 aromatic rings. The largest absolute Gasteiger partial charge is 0.496 e. The van der Waals surface area contributed by atoms with Crippen molar-refractivity contribution in [2.75, 3.05) is 12.4 Å². The zero-order valence-electron chi connectivity index (χ0n) is 16.1. The van der Waals surface area contributed by atoms with Gasteiger partial charge in [0.15, 0.2) is 5.82 Å². The second kappa shape index (κ2) is 7.75. The Hall–Kier alpha value is -4.47. The van der Waals surface area contributed by atoms with E-state index in [1.807, 2.05) is 0 Å². The van der Waals surface area contributed by atoms with E-state index in [1.165, 1.54) is 49.6 Å². The first-order valence-electron chi connectivity index (χ1n) is 9.00. The van der Waals surface area contributed by atoms with Crippen LogP contribution in [0.5, 0.6) is 5.75 Å². The van der Waals surface area contributed by atoms with Gasteiger partial charge in [-0.1, -0.05) is 0 Å². The van der Waals surface area contributed by atoms with E-state index in [9.17, 15) is 19.3 Å². The topological polar surface area (TPSA) is 117 Å². The summed E-state index contributed by atoms with van der Waals surface area (Å²) < 4.78 is 19.2. The zero-order valence-corrected chi connectivity index (χ0v) is 16.1. The summed E-state index contributed by atoms with van der Waals surface area (Å²) in [6, 6.07) is 14.0. The van der Waals surface area contributed by atoms with E-state index < -0.39 is 11.7 Å². The number of rotatable bonds is 5. The number of imidazole rings is 1. The van der Waals surface area contributed by atoms with Crippen LogP contribution in [0.2, 0.25) is 0 Å². The van der Waals surface area contributed by atoms with Crippen LogP contribution in [0.1, 0.15) is 10.4 Å². The number of hydrogen-bond donors (Lipinski definition) is 3. The molecule has 0 aliphatic heterocycles. The standard InChI is InChI=1S/C21H15FN4O5/c1-31-19-10-14(23-21(27)12-2-4-13(22)5-3-12)6-8-16(19)20-24-17-9-7-15(26(29)30)11-18(17)25(20)28/h2-11,28H,1H3,(H-,23,24,27,29,30)/p+1. The number of nitrogens with zero attached hydrogens (tertiary/aromatic N) is 3. The molecule has 1 amide bonds. The minimum Gasteiger partial charge on any atom is -0.496 e. The van der Waals surface area contributed by atoms with Gasteiger partial charge in [-0.2, -0.15) is 4.73 Å². The van der Waals surface area contributed by atoms with Crippen molar-refractivity contribution in [3.05, 3.63) is 77.0 Å². The minimum atomic E-state index is -0.441. The number of hydrogen-bond acceptors (Lipinski definition) is 5. The molecule has 0 radical (unpaired) electrons. The van der Waals surface area contributed by atoms with Crippen LogP contribution in [-0.4, -0.2) is 38.1 Å². The molecule has 0 aliphatic carbocycles. The lowest BCUT2D eigenvalue weighted by Gasteiger charge is -2.11. The first-order chi connectivity index (χ1) is 14.9. The molecule has 0 atom stereocenters. The average molecular weight is 423 g/mol. The number of ether oxygens (including phenoxy) is 1. The van der Waals surface area contributed by atoms with E-state index in [0.29, 0.717) is 22.5 Å². The number of halogens is 1. The molecule has 9 nitrogen and oxygen atoms in total. The highest BCUT2D eigenvalue weighted by molar-refractivity contribution is 6.04. The highest BCUT2D eigenvalue weighted by Crippen LogP contribution is 2.34. The third-order valence-electron chi connectivity index (χ3n) is 4.64. The maximum Gasteiger partial charge on any atom is 0.318 e. The average Bonchev–Trinajstić information content (AvgIpc) is 3.09.